The van der Waals surface area contributed by atoms with Crippen LogP contribution in [0.15, 0.2) is 84.9 Å². The lowest BCUT2D eigenvalue weighted by atomic mass is 10.1. The maximum Gasteiger partial charge on any atom is 0.335 e. The van der Waals surface area contributed by atoms with Crippen molar-refractivity contribution in [1.82, 2.24) is 9.55 Å². The highest BCUT2D eigenvalue weighted by molar-refractivity contribution is 6.09. The summed E-state index contributed by atoms with van der Waals surface area (Å²) in [4.78, 5) is 29.4. The monoisotopic (exact) mass is 475 g/mol. The number of imidazole rings is 1. The summed E-state index contributed by atoms with van der Waals surface area (Å²) < 4.78 is 2.25. The number of rotatable bonds is 5. The normalized spacial score (nSPS) is 13.9. The van der Waals surface area contributed by atoms with Gasteiger partial charge in [-0.3, -0.25) is 4.79 Å². The van der Waals surface area contributed by atoms with Crippen molar-refractivity contribution in [2.24, 2.45) is 0 Å². The number of amides is 1. The second kappa shape index (κ2) is 8.96. The average Bonchev–Trinajstić information content (AvgIpc) is 3.56. The van der Waals surface area contributed by atoms with Crippen LogP contribution >= 0.6 is 0 Å². The number of aromatic nitrogens is 2. The summed E-state index contributed by atoms with van der Waals surface area (Å²) in [5.41, 5.74) is 4.08. The first kappa shape index (κ1) is 22.0. The summed E-state index contributed by atoms with van der Waals surface area (Å²) >= 11 is 0. The van der Waals surface area contributed by atoms with E-state index in [4.69, 9.17) is 4.98 Å². The molecule has 36 heavy (non-hydrogen) atoms. The minimum atomic E-state index is -0.963. The minimum Gasteiger partial charge on any atom is -0.478 e. The smallest absolute Gasteiger partial charge is 0.335 e. The van der Waals surface area contributed by atoms with Gasteiger partial charge in [0.05, 0.1) is 16.6 Å². The molecule has 0 aliphatic heterocycles. The first-order valence-electron chi connectivity index (χ1n) is 12.2. The first-order valence-corrected chi connectivity index (χ1v) is 12.2. The largest absolute Gasteiger partial charge is 0.478 e. The van der Waals surface area contributed by atoms with Gasteiger partial charge in [-0.15, -0.1) is 0 Å². The van der Waals surface area contributed by atoms with Crippen molar-refractivity contribution in [1.29, 1.82) is 0 Å². The highest BCUT2D eigenvalue weighted by atomic mass is 16.4. The second-order valence-corrected chi connectivity index (χ2v) is 9.31. The number of nitrogens with one attached hydrogen (secondary N) is 1. The molecule has 6 nitrogen and oxygen atoms in total. The lowest BCUT2D eigenvalue weighted by Gasteiger charge is -2.17. The Bertz CT molecular complexity index is 1610. The zero-order chi connectivity index (χ0) is 24.6. The second-order valence-electron chi connectivity index (χ2n) is 9.31. The van der Waals surface area contributed by atoms with Crippen molar-refractivity contribution < 1.29 is 14.7 Å². The molecule has 2 N–H and O–H groups in total. The van der Waals surface area contributed by atoms with Crippen LogP contribution in [0.25, 0.3) is 33.2 Å². The average molecular weight is 476 g/mol. The van der Waals surface area contributed by atoms with Crippen molar-refractivity contribution in [2.75, 3.05) is 5.32 Å². The number of benzene rings is 4. The Hall–Kier alpha value is -4.45. The van der Waals surface area contributed by atoms with Crippen LogP contribution in [0.2, 0.25) is 0 Å². The number of carboxylic acid groups (broad SMARTS) is 1. The van der Waals surface area contributed by atoms with E-state index < -0.39 is 5.97 Å². The Labute approximate surface area is 208 Å². The highest BCUT2D eigenvalue weighted by Crippen LogP contribution is 2.37. The molecule has 1 heterocycles. The quantitative estimate of drug-likeness (QED) is 0.289. The van der Waals surface area contributed by atoms with Gasteiger partial charge in [0.15, 0.2) is 0 Å². The Balaban J connectivity index is 1.34. The summed E-state index contributed by atoms with van der Waals surface area (Å²) in [7, 11) is 0. The predicted molar refractivity (Wildman–Crippen MR) is 142 cm³/mol. The third-order valence-electron chi connectivity index (χ3n) is 7.07. The molecule has 0 radical (unpaired) electrons. The van der Waals surface area contributed by atoms with Gasteiger partial charge in [-0.25, -0.2) is 9.78 Å². The zero-order valence-electron chi connectivity index (χ0n) is 19.6. The maximum atomic E-state index is 13.0. The van der Waals surface area contributed by atoms with Gasteiger partial charge < -0.3 is 15.0 Å². The summed E-state index contributed by atoms with van der Waals surface area (Å²) in [6, 6.07) is 26.8. The van der Waals surface area contributed by atoms with E-state index in [0.29, 0.717) is 17.1 Å². The van der Waals surface area contributed by atoms with Crippen molar-refractivity contribution in [2.45, 2.75) is 31.7 Å². The van der Waals surface area contributed by atoms with Gasteiger partial charge in [0.25, 0.3) is 5.91 Å². The molecule has 178 valence electrons. The molecule has 0 saturated heterocycles. The van der Waals surface area contributed by atoms with Crippen LogP contribution < -0.4 is 5.32 Å². The van der Waals surface area contributed by atoms with E-state index in [1.807, 2.05) is 72.8 Å². The number of hydrogen-bond acceptors (Lipinski definition) is 3. The third-order valence-corrected chi connectivity index (χ3v) is 7.07. The Kier molecular flexibility index (Phi) is 5.49. The van der Waals surface area contributed by atoms with Crippen LogP contribution in [0.3, 0.4) is 0 Å². The van der Waals surface area contributed by atoms with Gasteiger partial charge in [-0.05, 0) is 54.6 Å². The van der Waals surface area contributed by atoms with Crippen LogP contribution in [0.5, 0.6) is 0 Å². The number of aromatic carboxylic acids is 1. The zero-order valence-corrected chi connectivity index (χ0v) is 19.6. The number of hydrogen-bond donors (Lipinski definition) is 2. The van der Waals surface area contributed by atoms with Gasteiger partial charge in [0, 0.05) is 28.2 Å². The molecule has 6 heteroatoms. The number of carbonyl (C=O) groups is 2. The van der Waals surface area contributed by atoms with E-state index in [2.05, 4.69) is 9.88 Å². The summed E-state index contributed by atoms with van der Waals surface area (Å²) in [6.07, 6.45) is 4.49. The molecule has 1 fully saturated rings. The standard InChI is InChI=1S/C30H25N3O3/c34-29(32-25-11-5-7-19-6-1-4-10-24(19)25)21-14-12-20(13-15-21)28-31-26-18-22(30(35)36)16-17-27(26)33(28)23-8-2-3-9-23/h1,4-7,10-18,23H,2-3,8-9H2,(H,32,34)(H,35,36). The first-order chi connectivity index (χ1) is 17.6. The molecule has 0 spiro atoms. The van der Waals surface area contributed by atoms with E-state index in [9.17, 15) is 14.7 Å². The van der Waals surface area contributed by atoms with Crippen molar-refractivity contribution >= 4 is 39.4 Å². The van der Waals surface area contributed by atoms with E-state index >= 15 is 0 Å². The highest BCUT2D eigenvalue weighted by Gasteiger charge is 2.24. The molecule has 1 saturated carbocycles. The summed E-state index contributed by atoms with van der Waals surface area (Å²) in [5, 5.41) is 14.5. The molecule has 1 aromatic heterocycles. The van der Waals surface area contributed by atoms with Gasteiger partial charge in [0.2, 0.25) is 0 Å². The van der Waals surface area contributed by atoms with E-state index in [0.717, 1.165) is 46.2 Å². The number of nitrogens with zero attached hydrogens (tertiary/aromatic N) is 2. The third kappa shape index (κ3) is 3.90. The van der Waals surface area contributed by atoms with Crippen molar-refractivity contribution in [3.63, 3.8) is 0 Å². The van der Waals surface area contributed by atoms with Gasteiger partial charge >= 0.3 is 5.97 Å². The van der Waals surface area contributed by atoms with Crippen LogP contribution in [0.1, 0.15) is 52.4 Å². The molecule has 6 rings (SSSR count). The Morgan fingerprint density at radius 1 is 0.861 bits per heavy atom. The topological polar surface area (TPSA) is 84.2 Å². The van der Waals surface area contributed by atoms with Crippen molar-refractivity contribution in [3.05, 3.63) is 96.1 Å². The fraction of sp³-hybridized carbons (Fsp3) is 0.167. The predicted octanol–water partition coefficient (Wildman–Crippen LogP) is 6.92. The maximum absolute atomic E-state index is 13.0. The van der Waals surface area contributed by atoms with Gasteiger partial charge in [-0.1, -0.05) is 61.4 Å². The van der Waals surface area contributed by atoms with Gasteiger partial charge in [-0.2, -0.15) is 0 Å². The molecule has 5 aromatic rings. The molecular formula is C30H25N3O3. The van der Waals surface area contributed by atoms with Crippen LogP contribution in [-0.4, -0.2) is 26.5 Å². The number of anilines is 1. The lowest BCUT2D eigenvalue weighted by molar-refractivity contribution is 0.0696. The number of carbonyl (C=O) groups excluding carboxylic acids is 1. The molecule has 4 aromatic carbocycles. The molecule has 0 bridgehead atoms. The number of fused-ring (bicyclic) bond motifs is 2. The fourth-order valence-corrected chi connectivity index (χ4v) is 5.27. The fourth-order valence-electron chi connectivity index (χ4n) is 5.27. The molecule has 1 amide bonds. The van der Waals surface area contributed by atoms with E-state index in [-0.39, 0.29) is 11.5 Å². The van der Waals surface area contributed by atoms with Crippen LogP contribution in [0, 0.1) is 0 Å². The SMILES string of the molecule is O=C(O)c1ccc2c(c1)nc(-c1ccc(C(=O)Nc3cccc4ccccc34)cc1)n2C1CCCC1. The van der Waals surface area contributed by atoms with Crippen molar-refractivity contribution in [3.8, 4) is 11.4 Å². The molecule has 0 unspecified atom stereocenters. The molecule has 1 aliphatic carbocycles. The summed E-state index contributed by atoms with van der Waals surface area (Å²) in [5.74, 6) is -0.329. The van der Waals surface area contributed by atoms with Gasteiger partial charge in [0.1, 0.15) is 5.82 Å². The Morgan fingerprint density at radius 2 is 1.58 bits per heavy atom. The molecule has 0 atom stereocenters. The molecule has 1 aliphatic rings. The van der Waals surface area contributed by atoms with Crippen LogP contribution in [0.4, 0.5) is 5.69 Å². The molecular weight excluding hydrogens is 450 g/mol. The van der Waals surface area contributed by atoms with E-state index in [1.165, 1.54) is 12.8 Å². The summed E-state index contributed by atoms with van der Waals surface area (Å²) in [6.45, 7) is 0. The van der Waals surface area contributed by atoms with Crippen LogP contribution in [-0.2, 0) is 0 Å². The number of carboxylic acids is 1. The van der Waals surface area contributed by atoms with E-state index in [1.54, 1.807) is 12.1 Å². The minimum absolute atomic E-state index is 0.173. The Morgan fingerprint density at radius 3 is 2.36 bits per heavy atom. The lowest BCUT2D eigenvalue weighted by Crippen LogP contribution is -2.12.